The summed E-state index contributed by atoms with van der Waals surface area (Å²) in [5.74, 6) is 1.19. The van der Waals surface area contributed by atoms with Gasteiger partial charge in [-0.25, -0.2) is 0 Å². The Hall–Kier alpha value is -2.12. The van der Waals surface area contributed by atoms with E-state index in [1.54, 1.807) is 27.0 Å². The summed E-state index contributed by atoms with van der Waals surface area (Å²) < 4.78 is 10.3. The van der Waals surface area contributed by atoms with Crippen LogP contribution in [0.15, 0.2) is 28.8 Å². The zero-order valence-electron chi connectivity index (χ0n) is 12.6. The van der Waals surface area contributed by atoms with E-state index in [1.807, 2.05) is 18.2 Å². The predicted molar refractivity (Wildman–Crippen MR) is 83.7 cm³/mol. The Morgan fingerprint density at radius 3 is 2.77 bits per heavy atom. The molecule has 3 N–H and O–H groups in total. The molecule has 2 aromatic rings. The number of nitrogens with two attached hydrogens (primary N) is 1. The van der Waals surface area contributed by atoms with Crippen LogP contribution < -0.4 is 15.8 Å². The normalized spacial score (nSPS) is 12.9. The second-order valence-corrected chi connectivity index (χ2v) is 4.71. The van der Waals surface area contributed by atoms with Gasteiger partial charge in [0.15, 0.2) is 0 Å². The molecule has 1 unspecified atom stereocenters. The SMILES string of the molecule is COc1cccc(-c2noc(C(C)NC(=O)[C@H](C)N)n2)c1.Cl. The third-order valence-electron chi connectivity index (χ3n) is 2.91. The minimum Gasteiger partial charge on any atom is -0.497 e. The first-order valence-corrected chi connectivity index (χ1v) is 6.55. The molecule has 2 atom stereocenters. The van der Waals surface area contributed by atoms with Gasteiger partial charge in [-0.1, -0.05) is 17.3 Å². The minimum absolute atomic E-state index is 0. The van der Waals surface area contributed by atoms with Crippen molar-refractivity contribution in [2.45, 2.75) is 25.9 Å². The lowest BCUT2D eigenvalue weighted by molar-refractivity contribution is -0.122. The van der Waals surface area contributed by atoms with Gasteiger partial charge >= 0.3 is 0 Å². The van der Waals surface area contributed by atoms with E-state index in [2.05, 4.69) is 15.5 Å². The molecule has 8 heteroatoms. The Balaban J connectivity index is 0.00000242. The van der Waals surface area contributed by atoms with Crippen molar-refractivity contribution < 1.29 is 14.1 Å². The van der Waals surface area contributed by atoms with E-state index in [9.17, 15) is 4.79 Å². The molecule has 1 aromatic carbocycles. The number of amides is 1. The van der Waals surface area contributed by atoms with Gasteiger partial charge in [-0.2, -0.15) is 4.98 Å². The molecule has 0 aliphatic rings. The molecule has 22 heavy (non-hydrogen) atoms. The molecule has 0 bridgehead atoms. The second kappa shape index (κ2) is 7.77. The van der Waals surface area contributed by atoms with Crippen molar-refractivity contribution in [1.82, 2.24) is 15.5 Å². The highest BCUT2D eigenvalue weighted by Gasteiger charge is 2.18. The Morgan fingerprint density at radius 1 is 1.41 bits per heavy atom. The number of nitrogens with one attached hydrogen (secondary N) is 1. The number of rotatable bonds is 5. The summed E-state index contributed by atoms with van der Waals surface area (Å²) in [6.45, 7) is 3.36. The number of aromatic nitrogens is 2. The maximum Gasteiger partial charge on any atom is 0.249 e. The summed E-state index contributed by atoms with van der Waals surface area (Å²) in [4.78, 5) is 15.8. The maximum atomic E-state index is 11.5. The summed E-state index contributed by atoms with van der Waals surface area (Å²) in [6.07, 6.45) is 0. The van der Waals surface area contributed by atoms with E-state index in [1.165, 1.54) is 0 Å². The molecule has 1 heterocycles. The van der Waals surface area contributed by atoms with Crippen LogP contribution in [-0.2, 0) is 4.79 Å². The molecule has 0 saturated heterocycles. The van der Waals surface area contributed by atoms with E-state index in [0.717, 1.165) is 5.56 Å². The molecule has 2 rings (SSSR count). The van der Waals surface area contributed by atoms with Gasteiger partial charge in [0.25, 0.3) is 0 Å². The van der Waals surface area contributed by atoms with E-state index >= 15 is 0 Å². The number of methoxy groups -OCH3 is 1. The van der Waals surface area contributed by atoms with Gasteiger partial charge in [0, 0.05) is 5.56 Å². The van der Waals surface area contributed by atoms with Crippen molar-refractivity contribution in [1.29, 1.82) is 0 Å². The Morgan fingerprint density at radius 2 is 2.14 bits per heavy atom. The van der Waals surface area contributed by atoms with Crippen LogP contribution in [-0.4, -0.2) is 29.2 Å². The quantitative estimate of drug-likeness (QED) is 0.866. The lowest BCUT2D eigenvalue weighted by Crippen LogP contribution is -2.39. The van der Waals surface area contributed by atoms with Gasteiger partial charge in [0.05, 0.1) is 13.2 Å². The lowest BCUT2D eigenvalue weighted by atomic mass is 10.2. The number of benzene rings is 1. The molecule has 1 aromatic heterocycles. The van der Waals surface area contributed by atoms with Crippen LogP contribution in [0.25, 0.3) is 11.4 Å². The minimum atomic E-state index is -0.590. The Bertz CT molecular complexity index is 630. The summed E-state index contributed by atoms with van der Waals surface area (Å²) in [5.41, 5.74) is 6.27. The number of ether oxygens (including phenoxy) is 1. The number of hydrogen-bond donors (Lipinski definition) is 2. The Kier molecular flexibility index (Phi) is 6.33. The maximum absolute atomic E-state index is 11.5. The zero-order chi connectivity index (χ0) is 15.4. The fourth-order valence-electron chi connectivity index (χ4n) is 1.70. The first-order valence-electron chi connectivity index (χ1n) is 6.55. The van der Waals surface area contributed by atoms with Gasteiger partial charge in [-0.05, 0) is 26.0 Å². The molecule has 1 amide bonds. The molecular formula is C14H19ClN4O3. The highest BCUT2D eigenvalue weighted by atomic mass is 35.5. The van der Waals surface area contributed by atoms with E-state index in [0.29, 0.717) is 17.5 Å². The van der Waals surface area contributed by atoms with Crippen LogP contribution in [0, 0.1) is 0 Å². The number of carbonyl (C=O) groups is 1. The first kappa shape index (κ1) is 17.9. The fourth-order valence-corrected chi connectivity index (χ4v) is 1.70. The molecule has 0 spiro atoms. The van der Waals surface area contributed by atoms with Gasteiger partial charge < -0.3 is 20.3 Å². The molecule has 0 saturated carbocycles. The predicted octanol–water partition coefficient (Wildman–Crippen LogP) is 1.69. The third-order valence-corrected chi connectivity index (χ3v) is 2.91. The van der Waals surface area contributed by atoms with E-state index < -0.39 is 12.1 Å². The van der Waals surface area contributed by atoms with Gasteiger partial charge in [0.1, 0.15) is 11.8 Å². The average Bonchev–Trinajstić information content (AvgIpc) is 2.97. The van der Waals surface area contributed by atoms with Gasteiger partial charge in [0.2, 0.25) is 17.6 Å². The van der Waals surface area contributed by atoms with Crippen molar-refractivity contribution in [2.75, 3.05) is 7.11 Å². The topological polar surface area (TPSA) is 103 Å². The van der Waals surface area contributed by atoms with Crippen molar-refractivity contribution in [2.24, 2.45) is 5.73 Å². The Labute approximate surface area is 134 Å². The number of carbonyl (C=O) groups excluding carboxylic acids is 1. The van der Waals surface area contributed by atoms with Crippen molar-refractivity contribution >= 4 is 18.3 Å². The molecule has 7 nitrogen and oxygen atoms in total. The molecule has 0 aliphatic carbocycles. The first-order chi connectivity index (χ1) is 10.0. The standard InChI is InChI=1S/C14H18N4O3.ClH/c1-8(15)13(19)16-9(2)14-17-12(18-21-14)10-5-4-6-11(7-10)20-3;/h4-9H,15H2,1-3H3,(H,16,19);1H/t8-,9?;/m0./s1. The molecule has 0 radical (unpaired) electrons. The summed E-state index contributed by atoms with van der Waals surface area (Å²) in [6, 6.07) is 6.33. The monoisotopic (exact) mass is 326 g/mol. The summed E-state index contributed by atoms with van der Waals surface area (Å²) >= 11 is 0. The highest BCUT2D eigenvalue weighted by molar-refractivity contribution is 5.85. The van der Waals surface area contributed by atoms with Crippen LogP contribution in [0.4, 0.5) is 0 Å². The third kappa shape index (κ3) is 4.19. The molecule has 0 fully saturated rings. The average molecular weight is 327 g/mol. The van der Waals surface area contributed by atoms with Crippen molar-refractivity contribution in [3.05, 3.63) is 30.2 Å². The highest BCUT2D eigenvalue weighted by Crippen LogP contribution is 2.22. The number of nitrogens with zero attached hydrogens (tertiary/aromatic N) is 2. The molecule has 120 valence electrons. The van der Waals surface area contributed by atoms with Crippen LogP contribution in [0.1, 0.15) is 25.8 Å². The zero-order valence-corrected chi connectivity index (χ0v) is 13.4. The van der Waals surface area contributed by atoms with Crippen LogP contribution in [0.2, 0.25) is 0 Å². The van der Waals surface area contributed by atoms with Crippen LogP contribution in [0.5, 0.6) is 5.75 Å². The summed E-state index contributed by atoms with van der Waals surface area (Å²) in [7, 11) is 1.59. The van der Waals surface area contributed by atoms with Crippen LogP contribution in [0.3, 0.4) is 0 Å². The molecule has 0 aliphatic heterocycles. The van der Waals surface area contributed by atoms with Crippen molar-refractivity contribution in [3.8, 4) is 17.1 Å². The number of hydrogen-bond acceptors (Lipinski definition) is 6. The lowest BCUT2D eigenvalue weighted by Gasteiger charge is -2.11. The smallest absolute Gasteiger partial charge is 0.249 e. The second-order valence-electron chi connectivity index (χ2n) is 4.71. The summed E-state index contributed by atoms with van der Waals surface area (Å²) in [5, 5.41) is 6.61. The van der Waals surface area contributed by atoms with Gasteiger partial charge in [-0.15, -0.1) is 12.4 Å². The largest absolute Gasteiger partial charge is 0.497 e. The van der Waals surface area contributed by atoms with Crippen LogP contribution >= 0.6 is 12.4 Å². The van der Waals surface area contributed by atoms with E-state index in [4.69, 9.17) is 15.0 Å². The molecular weight excluding hydrogens is 308 g/mol. The van der Waals surface area contributed by atoms with Crippen molar-refractivity contribution in [3.63, 3.8) is 0 Å². The number of halogens is 1. The van der Waals surface area contributed by atoms with Gasteiger partial charge in [-0.3, -0.25) is 4.79 Å². The van der Waals surface area contributed by atoms with E-state index in [-0.39, 0.29) is 18.3 Å². The fraction of sp³-hybridized carbons (Fsp3) is 0.357.